The number of fused-ring (bicyclic) bond motifs is 3. The van der Waals surface area contributed by atoms with E-state index in [9.17, 15) is 24.6 Å². The maximum absolute atomic E-state index is 13.1. The van der Waals surface area contributed by atoms with Crippen LogP contribution in [-0.2, 0) is 14.4 Å². The number of hydrogen-bond donors (Lipinski definition) is 2. The Balaban J connectivity index is 2.30. The van der Waals surface area contributed by atoms with E-state index in [-0.39, 0.29) is 23.9 Å². The van der Waals surface area contributed by atoms with Crippen molar-refractivity contribution in [2.24, 2.45) is 22.7 Å². The molecule has 0 aromatic carbocycles. The number of carbonyl (C=O) groups excluding carboxylic acids is 2. The molecule has 1 fully saturated rings. The van der Waals surface area contributed by atoms with Crippen molar-refractivity contribution < 1.29 is 24.6 Å². The van der Waals surface area contributed by atoms with Crippen molar-refractivity contribution in [2.75, 3.05) is 0 Å². The van der Waals surface area contributed by atoms with Crippen LogP contribution < -0.4 is 0 Å². The number of carboxylic acid groups (broad SMARTS) is 1. The molecule has 0 radical (unpaired) electrons. The van der Waals surface area contributed by atoms with Crippen LogP contribution in [-0.4, -0.2) is 27.7 Å². The Labute approximate surface area is 153 Å². The number of rotatable bonds is 3. The maximum Gasteiger partial charge on any atom is 0.304 e. The van der Waals surface area contributed by atoms with Gasteiger partial charge in [0.2, 0.25) is 5.78 Å². The zero-order valence-electron chi connectivity index (χ0n) is 15.8. The Kier molecular flexibility index (Phi) is 4.25. The Hall–Kier alpha value is -2.17. The van der Waals surface area contributed by atoms with Gasteiger partial charge in [-0.05, 0) is 41.9 Å². The van der Waals surface area contributed by atoms with E-state index in [2.05, 4.69) is 0 Å². The highest BCUT2D eigenvalue weighted by Gasteiger charge is 2.59. The van der Waals surface area contributed by atoms with Crippen LogP contribution in [0.15, 0.2) is 34.6 Å². The molecule has 2 atom stereocenters. The fourth-order valence-corrected chi connectivity index (χ4v) is 5.37. The second-order valence-electron chi connectivity index (χ2n) is 8.81. The van der Waals surface area contributed by atoms with Gasteiger partial charge < -0.3 is 10.2 Å². The van der Waals surface area contributed by atoms with E-state index in [4.69, 9.17) is 0 Å². The Morgan fingerprint density at radius 1 is 1.23 bits per heavy atom. The molecule has 26 heavy (non-hydrogen) atoms. The first-order valence-electron chi connectivity index (χ1n) is 9.19. The summed E-state index contributed by atoms with van der Waals surface area (Å²) in [7, 11) is 0. The van der Waals surface area contributed by atoms with E-state index >= 15 is 0 Å². The molecule has 1 saturated carbocycles. The van der Waals surface area contributed by atoms with Crippen LogP contribution >= 0.6 is 0 Å². The molecule has 0 bridgehead atoms. The minimum absolute atomic E-state index is 0.0989. The fraction of sp³-hybridized carbons (Fsp3) is 0.571. The first-order valence-corrected chi connectivity index (χ1v) is 9.19. The molecular weight excluding hydrogens is 332 g/mol. The molecule has 3 aliphatic carbocycles. The van der Waals surface area contributed by atoms with Gasteiger partial charge in [0.1, 0.15) is 0 Å². The first-order chi connectivity index (χ1) is 12.0. The monoisotopic (exact) mass is 358 g/mol. The van der Waals surface area contributed by atoms with E-state index in [1.165, 1.54) is 6.08 Å². The third kappa shape index (κ3) is 2.56. The van der Waals surface area contributed by atoms with Crippen LogP contribution in [0.2, 0.25) is 0 Å². The van der Waals surface area contributed by atoms with E-state index in [0.717, 1.165) is 12.8 Å². The lowest BCUT2D eigenvalue weighted by molar-refractivity contribution is -0.145. The average Bonchev–Trinajstić information content (AvgIpc) is 2.48. The molecule has 140 valence electrons. The molecule has 0 unspecified atom stereocenters. The van der Waals surface area contributed by atoms with Gasteiger partial charge >= 0.3 is 5.97 Å². The number of Topliss-reactive ketones (excluding diaryl/α,β-unsaturated/α-hetero) is 1. The van der Waals surface area contributed by atoms with Crippen LogP contribution in [0.4, 0.5) is 0 Å². The van der Waals surface area contributed by atoms with Gasteiger partial charge in [-0.1, -0.05) is 34.1 Å². The highest BCUT2D eigenvalue weighted by molar-refractivity contribution is 6.12. The number of aliphatic hydroxyl groups excluding tert-OH is 1. The molecule has 5 nitrogen and oxygen atoms in total. The normalized spacial score (nSPS) is 30.6. The van der Waals surface area contributed by atoms with Crippen molar-refractivity contribution in [2.45, 2.75) is 53.4 Å². The second kappa shape index (κ2) is 5.93. The number of carbonyl (C=O) groups is 3. The van der Waals surface area contributed by atoms with Gasteiger partial charge in [-0.3, -0.25) is 14.4 Å². The smallest absolute Gasteiger partial charge is 0.304 e. The summed E-state index contributed by atoms with van der Waals surface area (Å²) in [6.07, 6.45) is 4.95. The topological polar surface area (TPSA) is 91.7 Å². The molecular formula is C21H26O5. The first kappa shape index (κ1) is 18.6. The molecule has 0 amide bonds. The minimum atomic E-state index is -1.03. The lowest BCUT2D eigenvalue weighted by Gasteiger charge is -2.54. The lowest BCUT2D eigenvalue weighted by atomic mass is 9.47. The van der Waals surface area contributed by atoms with E-state index in [1.54, 1.807) is 6.08 Å². The van der Waals surface area contributed by atoms with Crippen LogP contribution in [0.3, 0.4) is 0 Å². The third-order valence-electron chi connectivity index (χ3n) is 6.26. The fourth-order valence-electron chi connectivity index (χ4n) is 5.37. The minimum Gasteiger partial charge on any atom is -0.504 e. The number of allylic oxidation sites excluding steroid dienone is 5. The Bertz CT molecular complexity index is 793. The van der Waals surface area contributed by atoms with Gasteiger partial charge in [0.25, 0.3) is 0 Å². The summed E-state index contributed by atoms with van der Waals surface area (Å²) in [5.41, 5.74) is -0.111. The number of ketones is 2. The quantitative estimate of drug-likeness (QED) is 0.801. The molecule has 0 spiro atoms. The summed E-state index contributed by atoms with van der Waals surface area (Å²) < 4.78 is 0. The van der Waals surface area contributed by atoms with E-state index in [1.807, 2.05) is 27.7 Å². The van der Waals surface area contributed by atoms with Crippen molar-refractivity contribution in [1.82, 2.24) is 0 Å². The van der Waals surface area contributed by atoms with Crippen LogP contribution in [0.25, 0.3) is 0 Å². The Morgan fingerprint density at radius 3 is 2.46 bits per heavy atom. The lowest BCUT2D eigenvalue weighted by Crippen LogP contribution is -2.53. The van der Waals surface area contributed by atoms with Crippen molar-refractivity contribution in [3.63, 3.8) is 0 Å². The SMILES string of the molecule is CC(C)C1=CC2=CC(=O)[C@H]3C(C)(C)CCC[C@]3(CC(=O)O)C2=C(O)C1=O. The highest BCUT2D eigenvalue weighted by atomic mass is 16.4. The summed E-state index contributed by atoms with van der Waals surface area (Å²) in [6, 6.07) is 0. The number of aliphatic carboxylic acids is 1. The van der Waals surface area contributed by atoms with Crippen molar-refractivity contribution in [3.05, 3.63) is 34.6 Å². The standard InChI is InChI=1S/C21H26O5/c1-11(2)13-8-12-9-14(22)19-20(3,4)6-5-7-21(19,10-15(23)24)16(12)18(26)17(13)25/h8-9,11,19,26H,5-7,10H2,1-4H3,(H,23,24)/t19-,21-/m0/s1. The van der Waals surface area contributed by atoms with Crippen LogP contribution in [0, 0.1) is 22.7 Å². The largest absolute Gasteiger partial charge is 0.504 e. The molecule has 0 saturated heterocycles. The molecule has 3 rings (SSSR count). The molecule has 0 aliphatic heterocycles. The highest BCUT2D eigenvalue weighted by Crippen LogP contribution is 2.61. The van der Waals surface area contributed by atoms with Crippen LogP contribution in [0.5, 0.6) is 0 Å². The van der Waals surface area contributed by atoms with Gasteiger partial charge in [0.05, 0.1) is 6.42 Å². The molecule has 3 aliphatic rings. The van der Waals surface area contributed by atoms with Gasteiger partial charge in [0, 0.05) is 22.5 Å². The number of hydrogen-bond acceptors (Lipinski definition) is 4. The molecule has 0 aromatic rings. The summed E-state index contributed by atoms with van der Waals surface area (Å²) in [5.74, 6) is -2.60. The molecule has 5 heteroatoms. The van der Waals surface area contributed by atoms with Gasteiger partial charge in [-0.25, -0.2) is 0 Å². The van der Waals surface area contributed by atoms with Gasteiger partial charge in [-0.2, -0.15) is 0 Å². The molecule has 0 aromatic heterocycles. The maximum atomic E-state index is 13.1. The van der Waals surface area contributed by atoms with Crippen molar-refractivity contribution in [3.8, 4) is 0 Å². The summed E-state index contributed by atoms with van der Waals surface area (Å²) in [6.45, 7) is 7.66. The Morgan fingerprint density at radius 2 is 1.88 bits per heavy atom. The van der Waals surface area contributed by atoms with E-state index in [0.29, 0.717) is 23.1 Å². The summed E-state index contributed by atoms with van der Waals surface area (Å²) in [4.78, 5) is 37.5. The van der Waals surface area contributed by atoms with Crippen LogP contribution in [0.1, 0.15) is 53.4 Å². The van der Waals surface area contributed by atoms with Crippen molar-refractivity contribution in [1.29, 1.82) is 0 Å². The predicted octanol–water partition coefficient (Wildman–Crippen LogP) is 3.76. The van der Waals surface area contributed by atoms with Gasteiger partial charge in [-0.15, -0.1) is 0 Å². The summed E-state index contributed by atoms with van der Waals surface area (Å²) >= 11 is 0. The molecule has 2 N–H and O–H groups in total. The number of carboxylic acids is 1. The third-order valence-corrected chi connectivity index (χ3v) is 6.26. The second-order valence-corrected chi connectivity index (χ2v) is 8.81. The summed E-state index contributed by atoms with van der Waals surface area (Å²) in [5, 5.41) is 20.4. The average molecular weight is 358 g/mol. The van der Waals surface area contributed by atoms with E-state index < -0.39 is 28.5 Å². The zero-order chi connectivity index (χ0) is 19.4. The predicted molar refractivity (Wildman–Crippen MR) is 96.5 cm³/mol. The van der Waals surface area contributed by atoms with Gasteiger partial charge in [0.15, 0.2) is 11.5 Å². The molecule has 0 heterocycles. The van der Waals surface area contributed by atoms with Crippen molar-refractivity contribution >= 4 is 17.5 Å². The zero-order valence-corrected chi connectivity index (χ0v) is 15.8. The number of aliphatic hydroxyl groups is 1.